The number of benzene rings is 1. The molecule has 3 fully saturated rings. The molecule has 5 heteroatoms. The molecular weight excluding hydrogens is 370 g/mol. The first-order valence-electron chi connectivity index (χ1n) is 10.9. The number of ether oxygens (including phenoxy) is 2. The van der Waals surface area contributed by atoms with Crippen molar-refractivity contribution in [1.29, 1.82) is 0 Å². The molecule has 2 saturated heterocycles. The molecule has 152 valence electrons. The van der Waals surface area contributed by atoms with Crippen LogP contribution in [0.15, 0.2) is 24.3 Å². The normalized spacial score (nSPS) is 36.8. The second-order valence-corrected chi connectivity index (χ2v) is 10.1. The van der Waals surface area contributed by atoms with E-state index in [2.05, 4.69) is 40.9 Å². The highest BCUT2D eigenvalue weighted by atomic mass is 32.2. The summed E-state index contributed by atoms with van der Waals surface area (Å²) in [6.45, 7) is 3.12. The molecule has 28 heavy (non-hydrogen) atoms. The third-order valence-corrected chi connectivity index (χ3v) is 9.03. The van der Waals surface area contributed by atoms with E-state index < -0.39 is 0 Å². The van der Waals surface area contributed by atoms with E-state index in [1.54, 1.807) is 0 Å². The molecule has 2 unspecified atom stereocenters. The van der Waals surface area contributed by atoms with Gasteiger partial charge >= 0.3 is 5.97 Å². The molecule has 4 aliphatic rings. The molecule has 3 aliphatic heterocycles. The zero-order chi connectivity index (χ0) is 19.1. The van der Waals surface area contributed by atoms with Gasteiger partial charge in [-0.15, -0.1) is 11.8 Å². The predicted octanol–water partition coefficient (Wildman–Crippen LogP) is 4.36. The molecule has 0 amide bonds. The number of rotatable bonds is 5. The second-order valence-electron chi connectivity index (χ2n) is 8.79. The number of hydrogen-bond donors (Lipinski definition) is 0. The van der Waals surface area contributed by atoms with Crippen molar-refractivity contribution >= 4 is 17.7 Å². The number of thioether (sulfide) groups is 1. The van der Waals surface area contributed by atoms with E-state index in [9.17, 15) is 4.79 Å². The summed E-state index contributed by atoms with van der Waals surface area (Å²) in [5.74, 6) is 0.845. The van der Waals surface area contributed by atoms with Gasteiger partial charge < -0.3 is 14.4 Å². The number of likely N-dealkylation sites (tertiary alicyclic amines) is 1. The molecule has 5 rings (SSSR count). The van der Waals surface area contributed by atoms with Gasteiger partial charge in [0, 0.05) is 36.0 Å². The van der Waals surface area contributed by atoms with Crippen molar-refractivity contribution in [3.63, 3.8) is 0 Å². The number of esters is 1. The molecule has 1 aromatic rings. The van der Waals surface area contributed by atoms with Crippen molar-refractivity contribution in [3.8, 4) is 0 Å². The molecule has 1 aromatic carbocycles. The first-order chi connectivity index (χ1) is 13.8. The highest BCUT2D eigenvalue weighted by molar-refractivity contribution is 8.00. The Bertz CT molecular complexity index is 720. The van der Waals surface area contributed by atoms with Gasteiger partial charge in [-0.25, -0.2) is 0 Å². The monoisotopic (exact) mass is 401 g/mol. The second kappa shape index (κ2) is 8.00. The zero-order valence-corrected chi connectivity index (χ0v) is 17.5. The lowest BCUT2D eigenvalue weighted by atomic mass is 9.66. The SMILES string of the molecule is CO[C@H]1CC[C@@H](OC(=O)CCN2CCCCC2)C2C1[C@H]1S[C@@H]2c2ccccc21. The minimum Gasteiger partial charge on any atom is -0.462 e. The number of methoxy groups -OCH3 is 1. The molecule has 6 atom stereocenters. The average Bonchev–Trinajstić information content (AvgIpc) is 3.32. The predicted molar refractivity (Wildman–Crippen MR) is 111 cm³/mol. The molecule has 3 heterocycles. The van der Waals surface area contributed by atoms with Gasteiger partial charge in [-0.3, -0.25) is 4.79 Å². The van der Waals surface area contributed by atoms with E-state index in [0.717, 1.165) is 32.5 Å². The van der Waals surface area contributed by atoms with Crippen LogP contribution < -0.4 is 0 Å². The highest BCUT2D eigenvalue weighted by Crippen LogP contribution is 2.70. The van der Waals surface area contributed by atoms with Gasteiger partial charge in [0.2, 0.25) is 0 Å². The molecule has 0 N–H and O–H groups in total. The van der Waals surface area contributed by atoms with E-state index in [-0.39, 0.29) is 18.2 Å². The lowest BCUT2D eigenvalue weighted by molar-refractivity contribution is -0.160. The fourth-order valence-corrected chi connectivity index (χ4v) is 8.12. The maximum atomic E-state index is 12.7. The summed E-state index contributed by atoms with van der Waals surface area (Å²) in [6.07, 6.45) is 6.63. The minimum absolute atomic E-state index is 0.00810. The molecule has 4 nitrogen and oxygen atoms in total. The van der Waals surface area contributed by atoms with Crippen LogP contribution in [0.5, 0.6) is 0 Å². The van der Waals surface area contributed by atoms with Crippen molar-refractivity contribution < 1.29 is 14.3 Å². The van der Waals surface area contributed by atoms with E-state index in [1.807, 2.05) is 7.11 Å². The number of nitrogens with zero attached hydrogens (tertiary/aromatic N) is 1. The Labute approximate surface area is 172 Å². The standard InChI is InChI=1S/C23H31NO3S/c1-26-17-9-10-18(27-19(25)11-14-24-12-5-2-6-13-24)21-20(17)22-15-7-3-4-8-16(15)23(21)28-22/h3-4,7-8,17-18,20-23H,2,5-6,9-14H2,1H3/t17-,18+,20?,21?,22-,23+/m0/s1. The fraction of sp³-hybridized carbons (Fsp3) is 0.696. The van der Waals surface area contributed by atoms with Crippen molar-refractivity contribution in [2.45, 2.75) is 61.2 Å². The Kier molecular flexibility index (Phi) is 5.42. The van der Waals surface area contributed by atoms with Crippen LogP contribution in [0.4, 0.5) is 0 Å². The number of carbonyl (C=O) groups is 1. The van der Waals surface area contributed by atoms with Gasteiger partial charge in [0.25, 0.3) is 0 Å². The van der Waals surface area contributed by atoms with Crippen molar-refractivity contribution in [1.82, 2.24) is 4.90 Å². The topological polar surface area (TPSA) is 38.8 Å². The third-order valence-electron chi connectivity index (χ3n) is 7.31. The Morgan fingerprint density at radius 3 is 2.36 bits per heavy atom. The van der Waals surface area contributed by atoms with E-state index >= 15 is 0 Å². The van der Waals surface area contributed by atoms with Gasteiger partial charge in [-0.1, -0.05) is 30.7 Å². The molecule has 0 aromatic heterocycles. The lowest BCUT2D eigenvalue weighted by Crippen LogP contribution is -2.46. The van der Waals surface area contributed by atoms with Gasteiger partial charge in [-0.05, 0) is 49.9 Å². The van der Waals surface area contributed by atoms with Crippen LogP contribution in [0, 0.1) is 11.8 Å². The van der Waals surface area contributed by atoms with Gasteiger partial charge in [0.15, 0.2) is 0 Å². The van der Waals surface area contributed by atoms with Gasteiger partial charge in [0.05, 0.1) is 12.5 Å². The quantitative estimate of drug-likeness (QED) is 0.686. The van der Waals surface area contributed by atoms with Crippen LogP contribution in [-0.4, -0.2) is 49.8 Å². The first kappa shape index (κ1) is 19.0. The van der Waals surface area contributed by atoms with Crippen molar-refractivity contribution in [2.75, 3.05) is 26.7 Å². The average molecular weight is 402 g/mol. The number of piperidine rings is 1. The number of fused-ring (bicyclic) bond motifs is 8. The van der Waals surface area contributed by atoms with Crippen LogP contribution >= 0.6 is 11.8 Å². The minimum atomic E-state index is -0.00810. The van der Waals surface area contributed by atoms with Crippen molar-refractivity contribution in [2.24, 2.45) is 11.8 Å². The highest BCUT2D eigenvalue weighted by Gasteiger charge is 2.59. The summed E-state index contributed by atoms with van der Waals surface area (Å²) < 4.78 is 12.0. The third kappa shape index (κ3) is 3.29. The maximum absolute atomic E-state index is 12.7. The van der Waals surface area contributed by atoms with Gasteiger partial charge in [-0.2, -0.15) is 0 Å². The summed E-state index contributed by atoms with van der Waals surface area (Å²) in [7, 11) is 1.84. The van der Waals surface area contributed by atoms with E-state index in [4.69, 9.17) is 9.47 Å². The lowest BCUT2D eigenvalue weighted by Gasteiger charge is -2.44. The molecular formula is C23H31NO3S. The molecule has 1 aliphatic carbocycles. The fourth-order valence-electron chi connectivity index (χ4n) is 6.01. The first-order valence-corrected chi connectivity index (χ1v) is 11.9. The Hall–Kier alpha value is -1.04. The summed E-state index contributed by atoms with van der Waals surface area (Å²) in [4.78, 5) is 15.1. The van der Waals surface area contributed by atoms with Crippen LogP contribution in [-0.2, 0) is 14.3 Å². The summed E-state index contributed by atoms with van der Waals surface area (Å²) >= 11 is 2.07. The van der Waals surface area contributed by atoms with Crippen LogP contribution in [0.2, 0.25) is 0 Å². The van der Waals surface area contributed by atoms with Crippen molar-refractivity contribution in [3.05, 3.63) is 35.4 Å². The Morgan fingerprint density at radius 1 is 1.04 bits per heavy atom. The molecule has 0 radical (unpaired) electrons. The summed E-state index contributed by atoms with van der Waals surface area (Å²) in [6, 6.07) is 8.85. The summed E-state index contributed by atoms with van der Waals surface area (Å²) in [5.41, 5.74) is 2.95. The Balaban J connectivity index is 1.28. The molecule has 2 bridgehead atoms. The van der Waals surface area contributed by atoms with Crippen LogP contribution in [0.25, 0.3) is 0 Å². The van der Waals surface area contributed by atoms with Crippen LogP contribution in [0.3, 0.4) is 0 Å². The zero-order valence-electron chi connectivity index (χ0n) is 16.7. The summed E-state index contributed by atoms with van der Waals surface area (Å²) in [5, 5.41) is 0.940. The van der Waals surface area contributed by atoms with E-state index in [1.165, 1.54) is 30.4 Å². The number of carbonyl (C=O) groups excluding carboxylic acids is 1. The Morgan fingerprint density at radius 2 is 1.68 bits per heavy atom. The largest absolute Gasteiger partial charge is 0.462 e. The van der Waals surface area contributed by atoms with E-state index in [0.29, 0.717) is 28.8 Å². The van der Waals surface area contributed by atoms with Gasteiger partial charge in [0.1, 0.15) is 6.10 Å². The molecule has 1 saturated carbocycles. The van der Waals surface area contributed by atoms with Crippen LogP contribution in [0.1, 0.15) is 60.2 Å². The molecule has 0 spiro atoms. The smallest absolute Gasteiger partial charge is 0.307 e. The maximum Gasteiger partial charge on any atom is 0.307 e. The number of hydrogen-bond acceptors (Lipinski definition) is 5.